The van der Waals surface area contributed by atoms with Crippen LogP contribution in [0.15, 0.2) is 0 Å². The third kappa shape index (κ3) is 70.8. The highest BCUT2D eigenvalue weighted by Gasteiger charge is 2.29. The molecule has 6 unspecified atom stereocenters. The Morgan fingerprint density at radius 1 is 0.315 bits per heavy atom. The van der Waals surface area contributed by atoms with Crippen LogP contribution in [0.25, 0.3) is 0 Å². The van der Waals surface area contributed by atoms with E-state index in [0.717, 1.165) is 32.7 Å². The Hall–Kier alpha value is -0.492. The first kappa shape index (κ1) is 93.6. The van der Waals surface area contributed by atoms with Gasteiger partial charge in [-0.25, -0.2) is 0 Å². The standard InChI is InChI=1S/2C27H65N5O12Si2/c1-27(2,3)44-23-26(35)18-31(11-6-28)12-9-29-7-8-30-10-13-32(19-24(33)21-42-14-4-16-45(36,37)38)20-25(34)22-43-15-5-17-46(39,40)41;1-27(2,3)44-23-26(35)18-31(11-10-30-9-8-29-7-6-28)12-13-32(19-24(33)21-42-14-4-16-45(36,37)38)20-25(34)22-43-15-5-17-46(39,40)41/h2*24-26,29-30,33-41H,4-23,28H2,1-3H3. The summed E-state index contributed by atoms with van der Waals surface area (Å²) in [5.41, 5.74) is 10.5. The molecule has 0 aliphatic carbocycles. The molecule has 0 bridgehead atoms. The Morgan fingerprint density at radius 3 is 0.826 bits per heavy atom. The summed E-state index contributed by atoms with van der Waals surface area (Å²) in [6.45, 7) is 24.2. The van der Waals surface area contributed by atoms with Gasteiger partial charge in [0, 0.05) is 195 Å². The average molecular weight is 1420 g/mol. The minimum atomic E-state index is -4.14. The van der Waals surface area contributed by atoms with E-state index in [1.54, 1.807) is 0 Å². The Bertz CT molecular complexity index is 1610. The molecule has 0 aromatic rings. The molecule has 0 heterocycles. The Balaban J connectivity index is 0. The van der Waals surface area contributed by atoms with Crippen molar-refractivity contribution in [1.82, 2.24) is 40.9 Å². The minimum absolute atomic E-state index is 0.00574. The van der Waals surface area contributed by atoms with Gasteiger partial charge in [0.1, 0.15) is 0 Å². The van der Waals surface area contributed by atoms with Gasteiger partial charge in [-0.3, -0.25) is 19.6 Å². The van der Waals surface area contributed by atoms with E-state index in [2.05, 4.69) is 31.1 Å². The number of rotatable bonds is 62. The zero-order valence-electron chi connectivity index (χ0n) is 56.2. The van der Waals surface area contributed by atoms with Gasteiger partial charge >= 0.3 is 35.2 Å². The summed E-state index contributed by atoms with van der Waals surface area (Å²) in [4.78, 5) is 117. The normalized spacial score (nSPS) is 15.2. The second-order valence-corrected chi connectivity index (χ2v) is 33.5. The van der Waals surface area contributed by atoms with E-state index in [-0.39, 0.29) is 148 Å². The van der Waals surface area contributed by atoms with E-state index >= 15 is 0 Å². The molecule has 0 saturated carbocycles. The third-order valence-corrected chi connectivity index (χ3v) is 17.0. The van der Waals surface area contributed by atoms with Gasteiger partial charge in [-0.05, 0) is 67.2 Å². The lowest BCUT2D eigenvalue weighted by Crippen LogP contribution is -2.47. The molecule has 0 spiro atoms. The lowest BCUT2D eigenvalue weighted by Gasteiger charge is -2.32. The molecule has 0 fully saturated rings. The summed E-state index contributed by atoms with van der Waals surface area (Å²) < 4.78 is 33.1. The molecule has 0 aromatic heterocycles. The highest BCUT2D eigenvalue weighted by molar-refractivity contribution is 6.57. The van der Waals surface area contributed by atoms with E-state index in [0.29, 0.717) is 85.1 Å². The van der Waals surface area contributed by atoms with Crippen molar-refractivity contribution < 1.29 is 117 Å². The van der Waals surface area contributed by atoms with E-state index < -0.39 is 77.4 Å². The summed E-state index contributed by atoms with van der Waals surface area (Å²) >= 11 is 0. The molecule has 0 radical (unpaired) electrons. The number of ether oxygens (including phenoxy) is 6. The molecule has 38 heteroatoms. The third-order valence-electron chi connectivity index (χ3n) is 12.9. The monoisotopic (exact) mass is 1410 g/mol. The molecule has 0 rings (SSSR count). The topological polar surface area (TPSA) is 533 Å². The van der Waals surface area contributed by atoms with Gasteiger partial charge in [0.05, 0.1) is 87.5 Å². The van der Waals surface area contributed by atoms with Gasteiger partial charge in [-0.2, -0.15) is 0 Å². The van der Waals surface area contributed by atoms with E-state index in [4.69, 9.17) is 97.4 Å². The lowest BCUT2D eigenvalue weighted by molar-refractivity contribution is -0.0570. The molecular weight excluding hydrogens is 1280 g/mol. The highest BCUT2D eigenvalue weighted by atomic mass is 28.4. The smallest absolute Gasteiger partial charge is 0.390 e. The zero-order chi connectivity index (χ0) is 70.1. The van der Waals surface area contributed by atoms with Crippen LogP contribution in [0, 0.1) is 0 Å². The van der Waals surface area contributed by atoms with Gasteiger partial charge in [0.25, 0.3) is 0 Å². The fraction of sp³-hybridized carbons (Fsp3) is 1.00. The maximum absolute atomic E-state index is 10.7. The first-order valence-electron chi connectivity index (χ1n) is 32.3. The predicted molar refractivity (Wildman–Crippen MR) is 353 cm³/mol. The fourth-order valence-corrected chi connectivity index (χ4v) is 11.0. The Kier molecular flexibility index (Phi) is 55.3. The maximum atomic E-state index is 10.7. The molecule has 0 aliphatic heterocycles. The number of hydrogen-bond acceptors (Lipinski definition) is 34. The molecule has 0 amide bonds. The molecule has 0 aromatic carbocycles. The van der Waals surface area contributed by atoms with Crippen LogP contribution in [-0.4, -0.2) is 401 Å². The van der Waals surface area contributed by atoms with Gasteiger partial charge in [0.15, 0.2) is 0 Å². The minimum Gasteiger partial charge on any atom is -0.390 e. The first-order valence-corrected chi connectivity index (χ1v) is 40.5. The van der Waals surface area contributed by atoms with Crippen LogP contribution >= 0.6 is 0 Å². The molecule has 34 nitrogen and oxygen atoms in total. The summed E-state index contributed by atoms with van der Waals surface area (Å²) in [6.07, 6.45) is -3.99. The van der Waals surface area contributed by atoms with Gasteiger partial charge in [-0.1, -0.05) is 0 Å². The van der Waals surface area contributed by atoms with Gasteiger partial charge in [-0.15, -0.1) is 0 Å². The van der Waals surface area contributed by atoms with Crippen molar-refractivity contribution in [3.63, 3.8) is 0 Å². The van der Waals surface area contributed by atoms with Gasteiger partial charge in [0.2, 0.25) is 0 Å². The zero-order valence-corrected chi connectivity index (χ0v) is 60.2. The molecule has 0 aliphatic rings. The van der Waals surface area contributed by atoms with Crippen LogP contribution in [0.1, 0.15) is 67.2 Å². The summed E-state index contributed by atoms with van der Waals surface area (Å²) in [5, 5.41) is 76.5. The molecular formula is C54H130N10O24Si4. The van der Waals surface area contributed by atoms with E-state index in [9.17, 15) is 30.6 Å². The second kappa shape index (κ2) is 54.3. The van der Waals surface area contributed by atoms with E-state index in [1.807, 2.05) is 51.3 Å². The summed E-state index contributed by atoms with van der Waals surface area (Å²) in [5.74, 6) is 0. The number of nitrogens with one attached hydrogen (secondary N) is 4. The van der Waals surface area contributed by atoms with Gasteiger partial charge < -0.3 is 149 Å². The number of aliphatic hydroxyl groups is 6. The fourth-order valence-electron chi connectivity index (χ4n) is 8.56. The summed E-state index contributed by atoms with van der Waals surface area (Å²) in [6, 6.07) is -0.632. The number of aliphatic hydroxyl groups excluding tert-OH is 6. The first-order chi connectivity index (χ1) is 42.8. The molecule has 0 saturated heterocycles. The SMILES string of the molecule is CC(C)(C)OCC(O)CN(CCN)CCNCCNCCN(CC(O)COCCC[Si](O)(O)O)CC(O)COCCC[Si](O)(O)O.CC(C)(C)OCC(O)CN(CCNCCNCCN)CCN(CC(O)COCCC[Si](O)(O)O)CC(O)COCCC[Si](O)(O)O. The Morgan fingerprint density at radius 2 is 0.554 bits per heavy atom. The molecule has 26 N–H and O–H groups in total. The molecule has 556 valence electrons. The Labute approximate surface area is 551 Å². The highest BCUT2D eigenvalue weighted by Crippen LogP contribution is 2.11. The van der Waals surface area contributed by atoms with Crippen molar-refractivity contribution in [3.05, 3.63) is 0 Å². The van der Waals surface area contributed by atoms with Crippen LogP contribution in [-0.2, 0) is 28.4 Å². The lowest BCUT2D eigenvalue weighted by atomic mass is 10.2. The van der Waals surface area contributed by atoms with Crippen LogP contribution in [0.4, 0.5) is 0 Å². The van der Waals surface area contributed by atoms with Crippen molar-refractivity contribution >= 4 is 35.2 Å². The van der Waals surface area contributed by atoms with Crippen molar-refractivity contribution in [3.8, 4) is 0 Å². The molecule has 92 heavy (non-hydrogen) atoms. The van der Waals surface area contributed by atoms with Crippen molar-refractivity contribution in [2.45, 2.75) is 139 Å². The van der Waals surface area contributed by atoms with Crippen molar-refractivity contribution in [2.75, 3.05) is 210 Å². The average Bonchev–Trinajstić information content (AvgIpc) is 2.70. The number of hydrogen-bond donors (Lipinski definition) is 24. The summed E-state index contributed by atoms with van der Waals surface area (Å²) in [7, 11) is -16.5. The van der Waals surface area contributed by atoms with Crippen LogP contribution < -0.4 is 32.7 Å². The quantitative estimate of drug-likeness (QED) is 0.0199. The van der Waals surface area contributed by atoms with E-state index in [1.165, 1.54) is 0 Å². The van der Waals surface area contributed by atoms with Crippen LogP contribution in [0.5, 0.6) is 0 Å². The largest absolute Gasteiger partial charge is 0.492 e. The van der Waals surface area contributed by atoms with Crippen LogP contribution in [0.2, 0.25) is 24.2 Å². The van der Waals surface area contributed by atoms with Crippen molar-refractivity contribution in [2.24, 2.45) is 11.5 Å². The number of nitrogens with two attached hydrogens (primary N) is 2. The van der Waals surface area contributed by atoms with Crippen molar-refractivity contribution in [1.29, 1.82) is 0 Å². The number of nitrogens with zero attached hydrogens (tertiary/aromatic N) is 4. The predicted octanol–water partition coefficient (Wildman–Crippen LogP) is -9.46. The maximum Gasteiger partial charge on any atom is 0.492 e. The molecule has 6 atom stereocenters. The van der Waals surface area contributed by atoms with Crippen LogP contribution in [0.3, 0.4) is 0 Å². The second-order valence-electron chi connectivity index (χ2n) is 25.3.